The Labute approximate surface area is 152 Å². The Bertz CT molecular complexity index is 883. The normalized spacial score (nSPS) is 11.7. The number of aromatic nitrogens is 1. The molecule has 0 radical (unpaired) electrons. The maximum Gasteiger partial charge on any atom is 0.0780 e. The van der Waals surface area contributed by atoms with Gasteiger partial charge in [-0.05, 0) is 72.9 Å². The van der Waals surface area contributed by atoms with Crippen LogP contribution in [-0.2, 0) is 6.42 Å². The van der Waals surface area contributed by atoms with Crippen LogP contribution in [0.2, 0.25) is 0 Å². The zero-order valence-electron chi connectivity index (χ0n) is 16.4. The van der Waals surface area contributed by atoms with Gasteiger partial charge in [-0.25, -0.2) is 0 Å². The van der Waals surface area contributed by atoms with Crippen LogP contribution in [0.5, 0.6) is 0 Å². The molecule has 1 aromatic heterocycles. The summed E-state index contributed by atoms with van der Waals surface area (Å²) >= 11 is 0. The van der Waals surface area contributed by atoms with Gasteiger partial charge in [-0.2, -0.15) is 0 Å². The van der Waals surface area contributed by atoms with Crippen molar-refractivity contribution in [1.82, 2.24) is 4.98 Å². The highest BCUT2D eigenvalue weighted by Crippen LogP contribution is 2.33. The molecule has 0 spiro atoms. The molecule has 2 aromatic carbocycles. The monoisotopic (exact) mass is 331 g/mol. The van der Waals surface area contributed by atoms with Crippen LogP contribution in [0, 0.1) is 19.8 Å². The minimum atomic E-state index is 0.516. The van der Waals surface area contributed by atoms with Crippen molar-refractivity contribution in [3.05, 3.63) is 64.8 Å². The van der Waals surface area contributed by atoms with E-state index in [2.05, 4.69) is 77.9 Å². The summed E-state index contributed by atoms with van der Waals surface area (Å²) in [5, 5.41) is 2.64. The standard InChI is InChI=1S/C24H29N/c1-15(2)9-20-13-19(16(3)4)14-23-22(20)7-8-25-24(23)21-11-17(5)10-18(6)12-21/h7-8,10-16H,9H2,1-6H3. The molecule has 1 nitrogen and oxygen atoms in total. The lowest BCUT2D eigenvalue weighted by Crippen LogP contribution is -2.00. The van der Waals surface area contributed by atoms with E-state index in [1.807, 2.05) is 6.20 Å². The van der Waals surface area contributed by atoms with Gasteiger partial charge in [-0.1, -0.05) is 51.0 Å². The van der Waals surface area contributed by atoms with Crippen LogP contribution in [0.4, 0.5) is 0 Å². The molecule has 0 aliphatic heterocycles. The van der Waals surface area contributed by atoms with Crippen molar-refractivity contribution >= 4 is 10.8 Å². The maximum absolute atomic E-state index is 4.78. The molecule has 0 fully saturated rings. The molecule has 130 valence electrons. The number of hydrogen-bond acceptors (Lipinski definition) is 1. The van der Waals surface area contributed by atoms with Gasteiger partial charge in [-0.15, -0.1) is 0 Å². The van der Waals surface area contributed by atoms with E-state index in [1.54, 1.807) is 0 Å². The van der Waals surface area contributed by atoms with Crippen molar-refractivity contribution in [2.45, 2.75) is 53.9 Å². The molecule has 1 heteroatoms. The summed E-state index contributed by atoms with van der Waals surface area (Å²) in [6, 6.07) is 13.7. The molecule has 0 atom stereocenters. The Morgan fingerprint density at radius 3 is 2.12 bits per heavy atom. The van der Waals surface area contributed by atoms with Gasteiger partial charge >= 0.3 is 0 Å². The number of nitrogens with zero attached hydrogens (tertiary/aromatic N) is 1. The van der Waals surface area contributed by atoms with Gasteiger partial charge in [0.15, 0.2) is 0 Å². The summed E-state index contributed by atoms with van der Waals surface area (Å²) in [4.78, 5) is 4.78. The molecule has 0 aliphatic carbocycles. The number of benzene rings is 2. The summed E-state index contributed by atoms with van der Waals surface area (Å²) in [6.07, 6.45) is 3.07. The van der Waals surface area contributed by atoms with E-state index in [4.69, 9.17) is 4.98 Å². The van der Waals surface area contributed by atoms with Gasteiger partial charge in [0.2, 0.25) is 0 Å². The van der Waals surface area contributed by atoms with Gasteiger partial charge in [-0.3, -0.25) is 4.98 Å². The summed E-state index contributed by atoms with van der Waals surface area (Å²) in [7, 11) is 0. The quantitative estimate of drug-likeness (QED) is 0.510. The number of pyridine rings is 1. The van der Waals surface area contributed by atoms with Gasteiger partial charge in [0.1, 0.15) is 0 Å². The molecule has 3 rings (SSSR count). The number of hydrogen-bond donors (Lipinski definition) is 0. The average molecular weight is 332 g/mol. The first-order chi connectivity index (χ1) is 11.8. The smallest absolute Gasteiger partial charge is 0.0780 e. The first kappa shape index (κ1) is 17.7. The van der Waals surface area contributed by atoms with Crippen LogP contribution in [0.15, 0.2) is 42.6 Å². The lowest BCUT2D eigenvalue weighted by molar-refractivity contribution is 0.649. The Morgan fingerprint density at radius 1 is 0.840 bits per heavy atom. The summed E-state index contributed by atoms with van der Waals surface area (Å²) in [6.45, 7) is 13.4. The SMILES string of the molecule is Cc1cc(C)cc(-c2nccc3c(CC(C)C)cc(C(C)C)cc23)c1. The van der Waals surface area contributed by atoms with Gasteiger partial charge in [0, 0.05) is 17.1 Å². The molecule has 25 heavy (non-hydrogen) atoms. The van der Waals surface area contributed by atoms with E-state index in [0.29, 0.717) is 11.8 Å². The van der Waals surface area contributed by atoms with Crippen LogP contribution in [0.3, 0.4) is 0 Å². The second-order valence-corrected chi connectivity index (χ2v) is 8.06. The van der Waals surface area contributed by atoms with E-state index in [9.17, 15) is 0 Å². The molecule has 0 amide bonds. The van der Waals surface area contributed by atoms with E-state index >= 15 is 0 Å². The Kier molecular flexibility index (Phi) is 4.94. The Balaban J connectivity index is 2.31. The second-order valence-electron chi connectivity index (χ2n) is 8.06. The van der Waals surface area contributed by atoms with Gasteiger partial charge in [0.25, 0.3) is 0 Å². The van der Waals surface area contributed by atoms with Crippen LogP contribution >= 0.6 is 0 Å². The highest BCUT2D eigenvalue weighted by atomic mass is 14.7. The van der Waals surface area contributed by atoms with E-state index in [-0.39, 0.29) is 0 Å². The molecule has 0 aliphatic rings. The maximum atomic E-state index is 4.78. The number of aryl methyl sites for hydroxylation is 2. The third kappa shape index (κ3) is 3.76. The van der Waals surface area contributed by atoms with Crippen molar-refractivity contribution in [2.75, 3.05) is 0 Å². The van der Waals surface area contributed by atoms with E-state index < -0.39 is 0 Å². The molecule has 3 aromatic rings. The first-order valence-electron chi connectivity index (χ1n) is 9.35. The third-order valence-corrected chi connectivity index (χ3v) is 4.78. The minimum Gasteiger partial charge on any atom is -0.256 e. The van der Waals surface area contributed by atoms with Crippen LogP contribution in [0.1, 0.15) is 55.9 Å². The van der Waals surface area contributed by atoms with Crippen molar-refractivity contribution < 1.29 is 0 Å². The third-order valence-electron chi connectivity index (χ3n) is 4.78. The lowest BCUT2D eigenvalue weighted by atomic mass is 9.90. The summed E-state index contributed by atoms with van der Waals surface area (Å²) in [5.41, 5.74) is 7.76. The topological polar surface area (TPSA) is 12.9 Å². The van der Waals surface area contributed by atoms with Crippen LogP contribution < -0.4 is 0 Å². The highest BCUT2D eigenvalue weighted by molar-refractivity contribution is 5.97. The summed E-state index contributed by atoms with van der Waals surface area (Å²) < 4.78 is 0. The Morgan fingerprint density at radius 2 is 1.52 bits per heavy atom. The van der Waals surface area contributed by atoms with Crippen molar-refractivity contribution in [1.29, 1.82) is 0 Å². The van der Waals surface area contributed by atoms with E-state index in [0.717, 1.165) is 12.1 Å². The van der Waals surface area contributed by atoms with E-state index in [1.165, 1.54) is 38.6 Å². The number of fused-ring (bicyclic) bond motifs is 1. The van der Waals surface area contributed by atoms with Crippen molar-refractivity contribution in [2.24, 2.45) is 5.92 Å². The zero-order valence-corrected chi connectivity index (χ0v) is 16.4. The van der Waals surface area contributed by atoms with Crippen molar-refractivity contribution in [3.63, 3.8) is 0 Å². The second kappa shape index (κ2) is 7.00. The van der Waals surface area contributed by atoms with Gasteiger partial charge < -0.3 is 0 Å². The molecule has 0 saturated heterocycles. The molecule has 0 unspecified atom stereocenters. The Hall–Kier alpha value is -2.15. The lowest BCUT2D eigenvalue weighted by Gasteiger charge is -2.16. The predicted octanol–water partition coefficient (Wildman–Crippen LogP) is 6.84. The largest absolute Gasteiger partial charge is 0.256 e. The number of rotatable bonds is 4. The fourth-order valence-electron chi connectivity index (χ4n) is 3.67. The fourth-order valence-corrected chi connectivity index (χ4v) is 3.67. The fraction of sp³-hybridized carbons (Fsp3) is 0.375. The van der Waals surface area contributed by atoms with Gasteiger partial charge in [0.05, 0.1) is 5.69 Å². The predicted molar refractivity (Wildman–Crippen MR) is 109 cm³/mol. The minimum absolute atomic E-state index is 0.516. The summed E-state index contributed by atoms with van der Waals surface area (Å²) in [5.74, 6) is 1.16. The first-order valence-corrected chi connectivity index (χ1v) is 9.35. The molecular formula is C24H29N. The molecule has 0 N–H and O–H groups in total. The van der Waals surface area contributed by atoms with Crippen LogP contribution in [-0.4, -0.2) is 4.98 Å². The zero-order chi connectivity index (χ0) is 18.1. The van der Waals surface area contributed by atoms with Crippen LogP contribution in [0.25, 0.3) is 22.0 Å². The average Bonchev–Trinajstić information content (AvgIpc) is 2.52. The molecule has 0 bridgehead atoms. The molecule has 0 saturated carbocycles. The highest BCUT2D eigenvalue weighted by Gasteiger charge is 2.13. The molecule has 1 heterocycles. The molecular weight excluding hydrogens is 302 g/mol. The van der Waals surface area contributed by atoms with Crippen molar-refractivity contribution in [3.8, 4) is 11.3 Å².